The zero-order valence-electron chi connectivity index (χ0n) is 10.5. The van der Waals surface area contributed by atoms with Crippen molar-refractivity contribution in [2.45, 2.75) is 38.0 Å². The minimum Gasteiger partial charge on any atom is -0.424 e. The number of aromatic nitrogens is 2. The van der Waals surface area contributed by atoms with Gasteiger partial charge in [0, 0.05) is 6.42 Å². The molecule has 0 aromatic carbocycles. The van der Waals surface area contributed by atoms with Gasteiger partial charge in [-0.1, -0.05) is 6.92 Å². The molecule has 0 spiro atoms. The van der Waals surface area contributed by atoms with Crippen molar-refractivity contribution < 1.29 is 30.8 Å². The summed E-state index contributed by atoms with van der Waals surface area (Å²) in [6.45, 7) is 3.12. The second-order valence-corrected chi connectivity index (χ2v) is 4.01. The van der Waals surface area contributed by atoms with Crippen LogP contribution in [0.5, 0.6) is 0 Å². The van der Waals surface area contributed by atoms with Crippen molar-refractivity contribution in [1.82, 2.24) is 15.5 Å². The van der Waals surface area contributed by atoms with E-state index in [4.69, 9.17) is 0 Å². The Morgan fingerprint density at radius 1 is 1.10 bits per heavy atom. The molecule has 0 atom stereocenters. The molecule has 1 aromatic heterocycles. The second-order valence-electron chi connectivity index (χ2n) is 4.01. The minimum atomic E-state index is -5.52. The fourth-order valence-corrected chi connectivity index (χ4v) is 1.49. The molecule has 0 fully saturated rings. The maximum atomic E-state index is 12.4. The number of nitrogens with one attached hydrogen (secondary N) is 1. The summed E-state index contributed by atoms with van der Waals surface area (Å²) in [7, 11) is 0. The Bertz CT molecular complexity index is 400. The van der Waals surface area contributed by atoms with Gasteiger partial charge in [0.05, 0.1) is 0 Å². The third-order valence-corrected chi connectivity index (χ3v) is 2.38. The van der Waals surface area contributed by atoms with Crippen molar-refractivity contribution in [3.8, 4) is 0 Å². The molecule has 20 heavy (non-hydrogen) atoms. The molecule has 0 unspecified atom stereocenters. The Hall–Kier alpha value is -1.32. The van der Waals surface area contributed by atoms with Gasteiger partial charge in [0.1, 0.15) is 0 Å². The monoisotopic (exact) mass is 305 g/mol. The van der Waals surface area contributed by atoms with Crippen LogP contribution in [0.1, 0.15) is 31.0 Å². The molecule has 1 aromatic rings. The average Bonchev–Trinajstić information content (AvgIpc) is 2.68. The molecule has 0 radical (unpaired) electrons. The molecule has 0 saturated carbocycles. The van der Waals surface area contributed by atoms with Crippen LogP contribution in [0, 0.1) is 0 Å². The molecule has 0 bridgehead atoms. The molecule has 1 N–H and O–H groups in total. The summed E-state index contributed by atoms with van der Waals surface area (Å²) in [6, 6.07) is 0. The Kier molecular flexibility index (Phi) is 5.37. The Morgan fingerprint density at radius 2 is 1.70 bits per heavy atom. The molecule has 4 nitrogen and oxygen atoms in total. The van der Waals surface area contributed by atoms with Crippen LogP contribution in [0.2, 0.25) is 0 Å². The van der Waals surface area contributed by atoms with Gasteiger partial charge in [-0.2, -0.15) is 26.3 Å². The highest BCUT2D eigenvalue weighted by Gasteiger charge is 2.60. The largest absolute Gasteiger partial charge is 0.424 e. The SMILES string of the molecule is CCNCCCc1nnc(C(C(F)(F)F)C(F)(F)F)o1. The van der Waals surface area contributed by atoms with Gasteiger partial charge < -0.3 is 9.73 Å². The first-order valence-electron chi connectivity index (χ1n) is 5.82. The van der Waals surface area contributed by atoms with Gasteiger partial charge in [-0.3, -0.25) is 0 Å². The van der Waals surface area contributed by atoms with E-state index in [1.165, 1.54) is 0 Å². The van der Waals surface area contributed by atoms with E-state index in [0.29, 0.717) is 19.5 Å². The van der Waals surface area contributed by atoms with Crippen molar-refractivity contribution in [3.63, 3.8) is 0 Å². The standard InChI is InChI=1S/C10H13F6N3O/c1-2-17-5-3-4-6-18-19-8(20-6)7(9(11,12)13)10(14,15)16/h7,17H,2-5H2,1H3. The summed E-state index contributed by atoms with van der Waals surface area (Å²) < 4.78 is 78.9. The number of hydrogen-bond donors (Lipinski definition) is 1. The molecule has 0 saturated heterocycles. The first-order valence-corrected chi connectivity index (χ1v) is 5.82. The summed E-state index contributed by atoms with van der Waals surface area (Å²) >= 11 is 0. The van der Waals surface area contributed by atoms with Crippen LogP contribution in [0.25, 0.3) is 0 Å². The Labute approximate surface area is 110 Å². The lowest BCUT2D eigenvalue weighted by molar-refractivity contribution is -0.258. The molecule has 0 aliphatic carbocycles. The van der Waals surface area contributed by atoms with Crippen molar-refractivity contribution in [3.05, 3.63) is 11.8 Å². The van der Waals surface area contributed by atoms with Crippen LogP contribution >= 0.6 is 0 Å². The van der Waals surface area contributed by atoms with Crippen molar-refractivity contribution in [2.75, 3.05) is 13.1 Å². The number of alkyl halides is 6. The van der Waals surface area contributed by atoms with Crippen LogP contribution in [0.4, 0.5) is 26.3 Å². The van der Waals surface area contributed by atoms with E-state index in [2.05, 4.69) is 19.9 Å². The van der Waals surface area contributed by atoms with E-state index >= 15 is 0 Å². The molecular formula is C10H13F6N3O. The third kappa shape index (κ3) is 4.66. The van der Waals surface area contributed by atoms with E-state index in [1.54, 1.807) is 0 Å². The number of nitrogens with zero attached hydrogens (tertiary/aromatic N) is 2. The van der Waals surface area contributed by atoms with Gasteiger partial charge in [-0.15, -0.1) is 10.2 Å². The van der Waals surface area contributed by atoms with E-state index < -0.39 is 24.2 Å². The topological polar surface area (TPSA) is 51.0 Å². The molecule has 10 heteroatoms. The maximum absolute atomic E-state index is 12.4. The van der Waals surface area contributed by atoms with Crippen LogP contribution in [0.3, 0.4) is 0 Å². The van der Waals surface area contributed by atoms with Crippen LogP contribution in [-0.2, 0) is 6.42 Å². The minimum absolute atomic E-state index is 0.114. The molecule has 1 rings (SSSR count). The van der Waals surface area contributed by atoms with Crippen molar-refractivity contribution >= 4 is 0 Å². The summed E-state index contributed by atoms with van der Waals surface area (Å²) in [4.78, 5) is 0. The second kappa shape index (κ2) is 6.42. The van der Waals surface area contributed by atoms with E-state index in [-0.39, 0.29) is 12.3 Å². The number of rotatable bonds is 6. The van der Waals surface area contributed by atoms with Crippen molar-refractivity contribution in [1.29, 1.82) is 0 Å². The fraction of sp³-hybridized carbons (Fsp3) is 0.800. The number of halogens is 6. The molecule has 1 heterocycles. The molecule has 0 aliphatic rings. The fourth-order valence-electron chi connectivity index (χ4n) is 1.49. The quantitative estimate of drug-likeness (QED) is 0.648. The zero-order chi connectivity index (χ0) is 15.4. The van der Waals surface area contributed by atoms with E-state index in [9.17, 15) is 26.3 Å². The summed E-state index contributed by atoms with van der Waals surface area (Å²) in [5, 5.41) is 9.04. The number of hydrogen-bond acceptors (Lipinski definition) is 4. The highest BCUT2D eigenvalue weighted by Crippen LogP contribution is 2.45. The predicted octanol–water partition coefficient (Wildman–Crippen LogP) is 2.82. The van der Waals surface area contributed by atoms with Crippen molar-refractivity contribution in [2.24, 2.45) is 0 Å². The van der Waals surface area contributed by atoms with Gasteiger partial charge in [-0.05, 0) is 19.5 Å². The van der Waals surface area contributed by atoms with Crippen LogP contribution < -0.4 is 5.32 Å². The van der Waals surface area contributed by atoms with Crippen LogP contribution in [0.15, 0.2) is 4.42 Å². The third-order valence-electron chi connectivity index (χ3n) is 2.38. The molecule has 116 valence electrons. The number of aryl methyl sites for hydroxylation is 1. The Balaban J connectivity index is 2.77. The highest BCUT2D eigenvalue weighted by atomic mass is 19.4. The lowest BCUT2D eigenvalue weighted by Crippen LogP contribution is -2.34. The molecular weight excluding hydrogens is 292 g/mol. The van der Waals surface area contributed by atoms with Gasteiger partial charge in [0.25, 0.3) is 0 Å². The molecule has 0 amide bonds. The van der Waals surface area contributed by atoms with Gasteiger partial charge in [-0.25, -0.2) is 0 Å². The first-order chi connectivity index (χ1) is 9.16. The van der Waals surface area contributed by atoms with Gasteiger partial charge in [0.15, 0.2) is 0 Å². The lowest BCUT2D eigenvalue weighted by atomic mass is 10.1. The summed E-state index contributed by atoms with van der Waals surface area (Å²) in [6.07, 6.45) is -10.5. The summed E-state index contributed by atoms with van der Waals surface area (Å²) in [5.41, 5.74) is 0. The maximum Gasteiger partial charge on any atom is 0.409 e. The van der Waals surface area contributed by atoms with Gasteiger partial charge >= 0.3 is 12.4 Å². The summed E-state index contributed by atoms with van der Waals surface area (Å²) in [5.74, 6) is -5.45. The predicted molar refractivity (Wildman–Crippen MR) is 56.0 cm³/mol. The van der Waals surface area contributed by atoms with Crippen LogP contribution in [-0.4, -0.2) is 35.6 Å². The molecule has 0 aliphatic heterocycles. The lowest BCUT2D eigenvalue weighted by Gasteiger charge is -2.19. The van der Waals surface area contributed by atoms with Gasteiger partial charge in [0.2, 0.25) is 17.7 Å². The smallest absolute Gasteiger partial charge is 0.409 e. The zero-order valence-corrected chi connectivity index (χ0v) is 10.5. The van der Waals surface area contributed by atoms with E-state index in [1.807, 2.05) is 6.92 Å². The average molecular weight is 305 g/mol. The first kappa shape index (κ1) is 16.7. The highest BCUT2D eigenvalue weighted by molar-refractivity contribution is 5.00. The Morgan fingerprint density at radius 3 is 2.20 bits per heavy atom. The van der Waals surface area contributed by atoms with E-state index in [0.717, 1.165) is 0 Å². The normalized spacial score (nSPS) is 13.2.